The van der Waals surface area contributed by atoms with Crippen LogP contribution in [0.5, 0.6) is 5.75 Å². The van der Waals surface area contributed by atoms with Crippen LogP contribution in [-0.2, 0) is 9.53 Å². The molecule has 0 aromatic heterocycles. The Labute approximate surface area is 119 Å². The van der Waals surface area contributed by atoms with Gasteiger partial charge < -0.3 is 19.7 Å². The highest BCUT2D eigenvalue weighted by atomic mass is 16.5. The van der Waals surface area contributed by atoms with Crippen molar-refractivity contribution in [2.24, 2.45) is 0 Å². The molecule has 0 saturated heterocycles. The number of nitrogens with one attached hydrogen (secondary N) is 1. The number of rotatable bonds is 5. The van der Waals surface area contributed by atoms with Crippen molar-refractivity contribution in [3.05, 3.63) is 24.3 Å². The molecule has 1 aromatic rings. The molecule has 1 unspecified atom stereocenters. The Hall–Kier alpha value is -1.75. The third kappa shape index (κ3) is 3.42. The van der Waals surface area contributed by atoms with Crippen LogP contribution in [0.4, 0.5) is 5.69 Å². The highest BCUT2D eigenvalue weighted by molar-refractivity contribution is 5.77. The van der Waals surface area contributed by atoms with Gasteiger partial charge >= 0.3 is 5.97 Å². The van der Waals surface area contributed by atoms with Gasteiger partial charge in [0.2, 0.25) is 0 Å². The van der Waals surface area contributed by atoms with Crippen molar-refractivity contribution in [3.63, 3.8) is 0 Å². The molecule has 5 nitrogen and oxygen atoms in total. The zero-order valence-corrected chi connectivity index (χ0v) is 12.1. The zero-order valence-electron chi connectivity index (χ0n) is 12.1. The van der Waals surface area contributed by atoms with E-state index in [0.29, 0.717) is 19.8 Å². The highest BCUT2D eigenvalue weighted by Gasteiger charge is 2.24. The minimum atomic E-state index is -0.332. The van der Waals surface area contributed by atoms with E-state index in [2.05, 4.69) is 10.2 Å². The zero-order chi connectivity index (χ0) is 14.4. The van der Waals surface area contributed by atoms with E-state index in [4.69, 9.17) is 9.47 Å². The van der Waals surface area contributed by atoms with E-state index < -0.39 is 0 Å². The van der Waals surface area contributed by atoms with Crippen molar-refractivity contribution in [3.8, 4) is 5.75 Å². The minimum absolute atomic E-state index is 0.211. The summed E-state index contributed by atoms with van der Waals surface area (Å²) in [7, 11) is 1.78. The fourth-order valence-corrected chi connectivity index (χ4v) is 2.34. The molecule has 0 spiro atoms. The standard InChI is InChI=1S/C15H22N2O3/c1-3-19-15(18)12(16-2)11-17-9-6-10-20-14-8-5-4-7-13(14)17/h4-5,7-8,12,16H,3,6,9-11H2,1-2H3. The molecule has 1 aromatic carbocycles. The minimum Gasteiger partial charge on any atom is -0.491 e. The van der Waals surface area contributed by atoms with Crippen molar-refractivity contribution < 1.29 is 14.3 Å². The monoisotopic (exact) mass is 278 g/mol. The number of ether oxygens (including phenoxy) is 2. The Morgan fingerprint density at radius 3 is 3.05 bits per heavy atom. The highest BCUT2D eigenvalue weighted by Crippen LogP contribution is 2.30. The van der Waals surface area contributed by atoms with Gasteiger partial charge in [0, 0.05) is 13.1 Å². The Kier molecular flexibility index (Phi) is 5.24. The molecule has 1 aliphatic rings. The molecule has 0 bridgehead atoms. The Morgan fingerprint density at radius 2 is 2.30 bits per heavy atom. The maximum Gasteiger partial charge on any atom is 0.324 e. The van der Waals surface area contributed by atoms with Crippen LogP contribution in [0, 0.1) is 0 Å². The first-order valence-corrected chi connectivity index (χ1v) is 7.07. The molecule has 2 rings (SSSR count). The van der Waals surface area contributed by atoms with E-state index in [1.54, 1.807) is 7.05 Å². The fraction of sp³-hybridized carbons (Fsp3) is 0.533. The predicted molar refractivity (Wildman–Crippen MR) is 78.2 cm³/mol. The van der Waals surface area contributed by atoms with Gasteiger partial charge in [-0.15, -0.1) is 0 Å². The van der Waals surface area contributed by atoms with Crippen molar-refractivity contribution in [2.75, 3.05) is 38.3 Å². The molecule has 5 heteroatoms. The van der Waals surface area contributed by atoms with Gasteiger partial charge in [-0.3, -0.25) is 4.79 Å². The number of fused-ring (bicyclic) bond motifs is 1. The van der Waals surface area contributed by atoms with Crippen LogP contribution in [0.25, 0.3) is 0 Å². The van der Waals surface area contributed by atoms with Crippen LogP contribution in [0.3, 0.4) is 0 Å². The SMILES string of the molecule is CCOC(=O)C(CN1CCCOc2ccccc21)NC. The van der Waals surface area contributed by atoms with Crippen LogP contribution in [0.1, 0.15) is 13.3 Å². The van der Waals surface area contributed by atoms with Crippen molar-refractivity contribution >= 4 is 11.7 Å². The summed E-state index contributed by atoms with van der Waals surface area (Å²) in [6.45, 7) is 4.37. The van der Waals surface area contributed by atoms with Gasteiger partial charge in [-0.2, -0.15) is 0 Å². The summed E-state index contributed by atoms with van der Waals surface area (Å²) in [6, 6.07) is 7.61. The van der Waals surface area contributed by atoms with E-state index in [1.807, 2.05) is 31.2 Å². The summed E-state index contributed by atoms with van der Waals surface area (Å²) in [6.07, 6.45) is 0.938. The summed E-state index contributed by atoms with van der Waals surface area (Å²) < 4.78 is 10.8. The van der Waals surface area contributed by atoms with E-state index in [0.717, 1.165) is 24.4 Å². The summed E-state index contributed by atoms with van der Waals surface area (Å²) in [5.41, 5.74) is 1.04. The lowest BCUT2D eigenvalue weighted by molar-refractivity contribution is -0.145. The van der Waals surface area contributed by atoms with Gasteiger partial charge in [0.15, 0.2) is 0 Å². The van der Waals surface area contributed by atoms with Crippen LogP contribution < -0.4 is 15.0 Å². The fourth-order valence-electron chi connectivity index (χ4n) is 2.34. The molecule has 1 aliphatic heterocycles. The molecule has 0 fully saturated rings. The third-order valence-corrected chi connectivity index (χ3v) is 3.36. The molecule has 1 atom stereocenters. The number of esters is 1. The number of hydrogen-bond donors (Lipinski definition) is 1. The van der Waals surface area contributed by atoms with Gasteiger partial charge in [0.05, 0.1) is 18.9 Å². The maximum atomic E-state index is 11.9. The first-order valence-electron chi connectivity index (χ1n) is 7.07. The lowest BCUT2D eigenvalue weighted by Crippen LogP contribution is -2.45. The number of anilines is 1. The lowest BCUT2D eigenvalue weighted by atomic mass is 10.2. The number of likely N-dealkylation sites (N-methyl/N-ethyl adjacent to an activating group) is 1. The maximum absolute atomic E-state index is 11.9. The normalized spacial score (nSPS) is 15.8. The van der Waals surface area contributed by atoms with Crippen molar-refractivity contribution in [1.82, 2.24) is 5.32 Å². The van der Waals surface area contributed by atoms with Crippen LogP contribution in [0.2, 0.25) is 0 Å². The molecule has 20 heavy (non-hydrogen) atoms. The second-order valence-electron chi connectivity index (χ2n) is 4.71. The average molecular weight is 278 g/mol. The summed E-state index contributed by atoms with van der Waals surface area (Å²) in [5, 5.41) is 3.03. The Bertz CT molecular complexity index is 450. The van der Waals surface area contributed by atoms with Gasteiger partial charge in [0.1, 0.15) is 11.8 Å². The smallest absolute Gasteiger partial charge is 0.324 e. The number of nitrogens with zero attached hydrogens (tertiary/aromatic N) is 1. The van der Waals surface area contributed by atoms with Gasteiger partial charge in [-0.25, -0.2) is 0 Å². The molecular weight excluding hydrogens is 256 g/mol. The van der Waals surface area contributed by atoms with Crippen LogP contribution >= 0.6 is 0 Å². The Morgan fingerprint density at radius 1 is 1.50 bits per heavy atom. The number of carbonyl (C=O) groups is 1. The van der Waals surface area contributed by atoms with E-state index in [-0.39, 0.29) is 12.0 Å². The molecule has 0 aliphatic carbocycles. The molecule has 1 heterocycles. The number of para-hydroxylation sites is 2. The molecule has 0 amide bonds. The third-order valence-electron chi connectivity index (χ3n) is 3.36. The number of hydrogen-bond acceptors (Lipinski definition) is 5. The average Bonchev–Trinajstić information content (AvgIpc) is 2.67. The lowest BCUT2D eigenvalue weighted by Gasteiger charge is -2.27. The number of benzene rings is 1. The number of carbonyl (C=O) groups excluding carboxylic acids is 1. The first kappa shape index (κ1) is 14.7. The Balaban J connectivity index is 2.13. The predicted octanol–water partition coefficient (Wildman–Crippen LogP) is 1.43. The largest absolute Gasteiger partial charge is 0.491 e. The molecule has 1 N–H and O–H groups in total. The van der Waals surface area contributed by atoms with Gasteiger partial charge in [0.25, 0.3) is 0 Å². The first-order chi connectivity index (χ1) is 9.76. The van der Waals surface area contributed by atoms with E-state index >= 15 is 0 Å². The van der Waals surface area contributed by atoms with Crippen LogP contribution in [0.15, 0.2) is 24.3 Å². The molecule has 110 valence electrons. The summed E-state index contributed by atoms with van der Waals surface area (Å²) >= 11 is 0. The molecular formula is C15H22N2O3. The van der Waals surface area contributed by atoms with E-state index in [1.165, 1.54) is 0 Å². The molecule has 0 saturated carbocycles. The second kappa shape index (κ2) is 7.14. The van der Waals surface area contributed by atoms with Crippen molar-refractivity contribution in [2.45, 2.75) is 19.4 Å². The summed E-state index contributed by atoms with van der Waals surface area (Å²) in [5.74, 6) is 0.668. The second-order valence-corrected chi connectivity index (χ2v) is 4.71. The van der Waals surface area contributed by atoms with E-state index in [9.17, 15) is 4.79 Å². The van der Waals surface area contributed by atoms with Gasteiger partial charge in [-0.1, -0.05) is 12.1 Å². The topological polar surface area (TPSA) is 50.8 Å². The quantitative estimate of drug-likeness (QED) is 0.826. The summed E-state index contributed by atoms with van der Waals surface area (Å²) in [4.78, 5) is 14.1. The molecule has 0 radical (unpaired) electrons. The van der Waals surface area contributed by atoms with Gasteiger partial charge in [-0.05, 0) is 32.5 Å². The van der Waals surface area contributed by atoms with Crippen molar-refractivity contribution in [1.29, 1.82) is 0 Å². The van der Waals surface area contributed by atoms with Crippen LogP contribution in [-0.4, -0.2) is 45.4 Å².